The van der Waals surface area contributed by atoms with Gasteiger partial charge in [-0.15, -0.1) is 0 Å². The Hall–Kier alpha value is -1.51. The van der Waals surface area contributed by atoms with Crippen LogP contribution in [0.25, 0.3) is 0 Å². The summed E-state index contributed by atoms with van der Waals surface area (Å²) in [6.07, 6.45) is 5.54. The van der Waals surface area contributed by atoms with Gasteiger partial charge in [-0.25, -0.2) is 4.79 Å². The summed E-state index contributed by atoms with van der Waals surface area (Å²) in [6.45, 7) is 4.99. The van der Waals surface area contributed by atoms with E-state index in [4.69, 9.17) is 4.74 Å². The van der Waals surface area contributed by atoms with Crippen molar-refractivity contribution < 1.29 is 19.1 Å². The van der Waals surface area contributed by atoms with Gasteiger partial charge in [-0.2, -0.15) is 0 Å². The third kappa shape index (κ3) is 10.5. The number of urea groups is 1. The van der Waals surface area contributed by atoms with Crippen LogP contribution >= 0.6 is 0 Å². The molecule has 0 aromatic rings. The highest BCUT2D eigenvalue weighted by Gasteiger charge is 2.31. The summed E-state index contributed by atoms with van der Waals surface area (Å²) >= 11 is 0. The minimum Gasteiger partial charge on any atom is -0.380 e. The quantitative estimate of drug-likeness (QED) is 0.412. The van der Waals surface area contributed by atoms with Gasteiger partial charge in [0.05, 0.1) is 19.1 Å². The van der Waals surface area contributed by atoms with Crippen LogP contribution in [0.15, 0.2) is 0 Å². The first kappa shape index (κ1) is 26.5. The van der Waals surface area contributed by atoms with Gasteiger partial charge in [-0.05, 0) is 72.6 Å². The van der Waals surface area contributed by atoms with E-state index in [2.05, 4.69) is 15.5 Å². The van der Waals surface area contributed by atoms with Crippen molar-refractivity contribution >= 4 is 17.7 Å². The summed E-state index contributed by atoms with van der Waals surface area (Å²) in [5, 5.41) is 5.97. The standard InChI is InChI=1S/C22H42N4O4/c1-5-30-14-13-26(22(29)24-11-6-7-12-25(3)4)21(28)19(17-23-2)15-18-9-8-10-20(27)16-18/h18-19,23H,5-17H2,1-4H3,(H,24,29). The van der Waals surface area contributed by atoms with E-state index < -0.39 is 0 Å². The SMILES string of the molecule is CCOCCN(C(=O)NCCCCN(C)C)C(=O)C(CNC)CC1CCCC(=O)C1. The molecule has 0 aromatic heterocycles. The molecule has 8 nitrogen and oxygen atoms in total. The van der Waals surface area contributed by atoms with E-state index in [1.54, 1.807) is 0 Å². The minimum atomic E-state index is -0.356. The fourth-order valence-corrected chi connectivity index (χ4v) is 3.91. The first-order valence-corrected chi connectivity index (χ1v) is 11.4. The van der Waals surface area contributed by atoms with Gasteiger partial charge >= 0.3 is 6.03 Å². The lowest BCUT2D eigenvalue weighted by Crippen LogP contribution is -2.49. The number of ether oxygens (including phenoxy) is 1. The summed E-state index contributed by atoms with van der Waals surface area (Å²) in [5.74, 6) is -0.0122. The van der Waals surface area contributed by atoms with E-state index in [9.17, 15) is 14.4 Å². The number of carbonyl (C=O) groups is 3. The molecule has 0 saturated heterocycles. The average Bonchev–Trinajstić information content (AvgIpc) is 2.70. The molecule has 8 heteroatoms. The first-order chi connectivity index (χ1) is 14.4. The molecule has 1 aliphatic carbocycles. The number of unbranched alkanes of at least 4 members (excludes halogenated alkanes) is 1. The van der Waals surface area contributed by atoms with Crippen LogP contribution in [0, 0.1) is 11.8 Å². The third-order valence-corrected chi connectivity index (χ3v) is 5.48. The number of ketones is 1. The molecule has 0 bridgehead atoms. The van der Waals surface area contributed by atoms with Gasteiger partial charge < -0.3 is 20.3 Å². The number of rotatable bonds is 14. The number of hydrogen-bond acceptors (Lipinski definition) is 6. The van der Waals surface area contributed by atoms with Crippen LogP contribution in [0.4, 0.5) is 4.79 Å². The average molecular weight is 427 g/mol. The van der Waals surface area contributed by atoms with Crippen LogP contribution < -0.4 is 10.6 Å². The van der Waals surface area contributed by atoms with Crippen LogP contribution in [0.3, 0.4) is 0 Å². The van der Waals surface area contributed by atoms with E-state index in [1.165, 1.54) is 4.90 Å². The van der Waals surface area contributed by atoms with E-state index in [1.807, 2.05) is 28.1 Å². The molecule has 2 N–H and O–H groups in total. The maximum Gasteiger partial charge on any atom is 0.324 e. The second-order valence-electron chi connectivity index (χ2n) is 8.42. The maximum absolute atomic E-state index is 13.3. The Kier molecular flexibility index (Phi) is 13.5. The number of hydrogen-bond donors (Lipinski definition) is 2. The number of Topliss-reactive ketones (excluding diaryl/α,β-unsaturated/α-hetero) is 1. The van der Waals surface area contributed by atoms with Crippen molar-refractivity contribution in [3.63, 3.8) is 0 Å². The Morgan fingerprint density at radius 3 is 2.63 bits per heavy atom. The Bertz CT molecular complexity index is 527. The van der Waals surface area contributed by atoms with Crippen LogP contribution in [-0.4, -0.2) is 88.1 Å². The van der Waals surface area contributed by atoms with E-state index in [-0.39, 0.29) is 36.1 Å². The number of amides is 3. The molecule has 0 radical (unpaired) electrons. The second-order valence-corrected chi connectivity index (χ2v) is 8.42. The smallest absolute Gasteiger partial charge is 0.324 e. The van der Waals surface area contributed by atoms with Crippen molar-refractivity contribution in [2.75, 3.05) is 60.5 Å². The highest BCUT2D eigenvalue weighted by atomic mass is 16.5. The van der Waals surface area contributed by atoms with Crippen molar-refractivity contribution in [2.24, 2.45) is 11.8 Å². The lowest BCUT2D eigenvalue weighted by atomic mass is 9.81. The van der Waals surface area contributed by atoms with Crippen LogP contribution in [0.1, 0.15) is 51.9 Å². The van der Waals surface area contributed by atoms with Gasteiger partial charge in [0.2, 0.25) is 5.91 Å². The van der Waals surface area contributed by atoms with Crippen molar-refractivity contribution in [2.45, 2.75) is 51.9 Å². The Labute approximate surface area is 182 Å². The van der Waals surface area contributed by atoms with Crippen molar-refractivity contribution in [3.8, 4) is 0 Å². The van der Waals surface area contributed by atoms with Gasteiger partial charge in [0.1, 0.15) is 5.78 Å². The summed E-state index contributed by atoms with van der Waals surface area (Å²) in [6, 6.07) is -0.356. The second kappa shape index (κ2) is 15.3. The molecule has 2 unspecified atom stereocenters. The predicted octanol–water partition coefficient (Wildman–Crippen LogP) is 1.89. The van der Waals surface area contributed by atoms with Crippen LogP contribution in [0.2, 0.25) is 0 Å². The predicted molar refractivity (Wildman–Crippen MR) is 118 cm³/mol. The maximum atomic E-state index is 13.3. The Morgan fingerprint density at radius 1 is 1.23 bits per heavy atom. The lowest BCUT2D eigenvalue weighted by Gasteiger charge is -2.29. The molecule has 174 valence electrons. The Balaban J connectivity index is 2.71. The fourth-order valence-electron chi connectivity index (χ4n) is 3.91. The number of nitrogens with one attached hydrogen (secondary N) is 2. The zero-order valence-corrected chi connectivity index (χ0v) is 19.4. The molecule has 0 spiro atoms. The summed E-state index contributed by atoms with van der Waals surface area (Å²) in [4.78, 5) is 41.3. The van der Waals surface area contributed by atoms with Crippen molar-refractivity contribution in [1.82, 2.24) is 20.4 Å². The highest BCUT2D eigenvalue weighted by molar-refractivity contribution is 5.95. The molecule has 2 atom stereocenters. The largest absolute Gasteiger partial charge is 0.380 e. The molecule has 1 rings (SSSR count). The van der Waals surface area contributed by atoms with E-state index in [0.29, 0.717) is 45.6 Å². The normalized spacial score (nSPS) is 17.8. The summed E-state index contributed by atoms with van der Waals surface area (Å²) < 4.78 is 5.40. The Morgan fingerprint density at radius 2 is 2.00 bits per heavy atom. The molecule has 30 heavy (non-hydrogen) atoms. The van der Waals surface area contributed by atoms with Crippen molar-refractivity contribution in [1.29, 1.82) is 0 Å². The van der Waals surface area contributed by atoms with Gasteiger partial charge in [0.25, 0.3) is 0 Å². The van der Waals surface area contributed by atoms with Crippen LogP contribution in [-0.2, 0) is 14.3 Å². The highest BCUT2D eigenvalue weighted by Crippen LogP contribution is 2.28. The molecule has 0 heterocycles. The fraction of sp³-hybridized carbons (Fsp3) is 0.864. The van der Waals surface area contributed by atoms with Gasteiger partial charge in [0, 0.05) is 32.5 Å². The number of imide groups is 1. The number of nitrogens with zero attached hydrogens (tertiary/aromatic N) is 2. The summed E-state index contributed by atoms with van der Waals surface area (Å²) in [5.41, 5.74) is 0. The molecule has 1 aliphatic rings. The third-order valence-electron chi connectivity index (χ3n) is 5.48. The van der Waals surface area contributed by atoms with E-state index >= 15 is 0 Å². The van der Waals surface area contributed by atoms with Gasteiger partial charge in [-0.1, -0.05) is 0 Å². The van der Waals surface area contributed by atoms with Gasteiger partial charge in [0.15, 0.2) is 0 Å². The monoisotopic (exact) mass is 426 g/mol. The summed E-state index contributed by atoms with van der Waals surface area (Å²) in [7, 11) is 5.85. The number of carbonyl (C=O) groups excluding carboxylic acids is 3. The zero-order chi connectivity index (χ0) is 22.4. The molecule has 0 aromatic carbocycles. The molecule has 1 fully saturated rings. The topological polar surface area (TPSA) is 91.0 Å². The molecule has 1 saturated carbocycles. The molecule has 0 aliphatic heterocycles. The molecule has 3 amide bonds. The minimum absolute atomic E-state index is 0.187. The molecular formula is C22H42N4O4. The van der Waals surface area contributed by atoms with E-state index in [0.717, 1.165) is 32.2 Å². The first-order valence-electron chi connectivity index (χ1n) is 11.4. The molecular weight excluding hydrogens is 384 g/mol. The van der Waals surface area contributed by atoms with Crippen molar-refractivity contribution in [3.05, 3.63) is 0 Å². The van der Waals surface area contributed by atoms with Crippen LogP contribution in [0.5, 0.6) is 0 Å². The van der Waals surface area contributed by atoms with Gasteiger partial charge in [-0.3, -0.25) is 14.5 Å². The lowest BCUT2D eigenvalue weighted by molar-refractivity contribution is -0.134. The zero-order valence-electron chi connectivity index (χ0n) is 19.4.